The van der Waals surface area contributed by atoms with Gasteiger partial charge < -0.3 is 20.8 Å². The van der Waals surface area contributed by atoms with Gasteiger partial charge in [-0.15, -0.1) is 0 Å². The molecule has 4 rings (SSSR count). The van der Waals surface area contributed by atoms with Crippen molar-refractivity contribution in [2.24, 2.45) is 5.92 Å². The molecule has 9 heteroatoms. The Hall–Kier alpha value is -3.03. The lowest BCUT2D eigenvalue weighted by Crippen LogP contribution is -2.39. The average Bonchev–Trinajstić information content (AvgIpc) is 2.82. The van der Waals surface area contributed by atoms with Gasteiger partial charge in [-0.1, -0.05) is 43.1 Å². The van der Waals surface area contributed by atoms with Gasteiger partial charge >= 0.3 is 6.09 Å². The van der Waals surface area contributed by atoms with Gasteiger partial charge in [0.1, 0.15) is 0 Å². The fraction of sp³-hybridized carbons (Fsp3) is 0.370. The van der Waals surface area contributed by atoms with E-state index < -0.39 is 6.09 Å². The quantitative estimate of drug-likeness (QED) is 0.242. The predicted molar refractivity (Wildman–Crippen MR) is 143 cm³/mol. The van der Waals surface area contributed by atoms with Crippen molar-refractivity contribution in [1.82, 2.24) is 10.3 Å². The molecule has 1 saturated carbocycles. The van der Waals surface area contributed by atoms with E-state index in [9.17, 15) is 14.7 Å². The minimum absolute atomic E-state index is 0.0178. The van der Waals surface area contributed by atoms with Crippen molar-refractivity contribution < 1.29 is 19.8 Å². The second kappa shape index (κ2) is 10.9. The molecule has 1 heterocycles. The van der Waals surface area contributed by atoms with E-state index in [0.717, 1.165) is 53.4 Å². The number of phenols is 1. The zero-order chi connectivity index (χ0) is 26.0. The normalized spacial score (nSPS) is 17.8. The van der Waals surface area contributed by atoms with E-state index in [1.807, 2.05) is 32.0 Å². The topological polar surface area (TPSA) is 112 Å². The first-order valence-electron chi connectivity index (χ1n) is 12.0. The van der Waals surface area contributed by atoms with E-state index in [4.69, 9.17) is 28.3 Å². The van der Waals surface area contributed by atoms with E-state index >= 15 is 0 Å². The highest BCUT2D eigenvalue weighted by molar-refractivity contribution is 6.37. The molecule has 0 radical (unpaired) electrons. The summed E-state index contributed by atoms with van der Waals surface area (Å²) < 4.78 is 0. The first-order valence-corrected chi connectivity index (χ1v) is 12.8. The molecule has 0 unspecified atom stereocenters. The highest BCUT2D eigenvalue weighted by atomic mass is 35.5. The Kier molecular flexibility index (Phi) is 7.91. The molecule has 0 saturated heterocycles. The van der Waals surface area contributed by atoms with Crippen LogP contribution in [0.25, 0.3) is 22.0 Å². The van der Waals surface area contributed by atoms with Gasteiger partial charge in [0.2, 0.25) is 0 Å². The van der Waals surface area contributed by atoms with Gasteiger partial charge in [-0.05, 0) is 67.0 Å². The minimum Gasteiger partial charge on any atom is -0.505 e. The van der Waals surface area contributed by atoms with E-state index in [-0.39, 0.29) is 39.6 Å². The van der Waals surface area contributed by atoms with Crippen molar-refractivity contribution in [3.8, 4) is 16.9 Å². The van der Waals surface area contributed by atoms with Crippen LogP contribution < -0.4 is 10.6 Å². The van der Waals surface area contributed by atoms with Crippen molar-refractivity contribution in [1.29, 1.82) is 0 Å². The van der Waals surface area contributed by atoms with Crippen LogP contribution in [-0.2, 0) is 0 Å². The Labute approximate surface area is 219 Å². The highest BCUT2D eigenvalue weighted by Gasteiger charge is 2.25. The largest absolute Gasteiger partial charge is 0.505 e. The molecule has 1 aliphatic carbocycles. The van der Waals surface area contributed by atoms with Crippen LogP contribution in [0, 0.1) is 5.92 Å². The lowest BCUT2D eigenvalue weighted by Gasteiger charge is -2.30. The maximum atomic E-state index is 13.2. The fourth-order valence-electron chi connectivity index (χ4n) is 4.71. The predicted octanol–water partition coefficient (Wildman–Crippen LogP) is 7.13. The number of anilines is 1. The second-order valence-electron chi connectivity index (χ2n) is 9.73. The molecule has 0 aliphatic heterocycles. The number of Topliss-reactive ketones (excluding diaryl/α,β-unsaturated/α-hetero) is 1. The van der Waals surface area contributed by atoms with Crippen LogP contribution in [0.4, 0.5) is 10.5 Å². The van der Waals surface area contributed by atoms with Gasteiger partial charge in [0.15, 0.2) is 11.5 Å². The number of nitrogens with zero attached hydrogens (tertiary/aromatic N) is 1. The molecule has 0 atom stereocenters. The van der Waals surface area contributed by atoms with Crippen molar-refractivity contribution in [3.63, 3.8) is 0 Å². The summed E-state index contributed by atoms with van der Waals surface area (Å²) in [5.74, 6) is 0.0527. The van der Waals surface area contributed by atoms with Crippen LogP contribution in [0.3, 0.4) is 0 Å². The molecule has 1 amide bonds. The molecule has 4 N–H and O–H groups in total. The Bertz CT molecular complexity index is 1280. The first-order chi connectivity index (χ1) is 17.1. The summed E-state index contributed by atoms with van der Waals surface area (Å²) in [7, 11) is 0. The van der Waals surface area contributed by atoms with E-state index in [0.29, 0.717) is 12.0 Å². The number of ketones is 1. The maximum absolute atomic E-state index is 13.2. The summed E-state index contributed by atoms with van der Waals surface area (Å²) in [5.41, 5.74) is 3.56. The smallest absolute Gasteiger partial charge is 0.404 e. The number of amides is 1. The number of hydrogen-bond donors (Lipinski definition) is 4. The standard InChI is InChI=1S/C27H29Cl2N3O4/c1-14(2)9-24(33)20-13-30-23-8-3-15(16-11-21(28)26(34)22(29)12-16)10-19(23)25(20)31-17-4-6-18(7-5-17)32-27(35)36/h3,8,10-14,17-18,32,34H,4-7,9H2,1-2H3,(H,30,31)(H,35,36)/t17-,18-. The SMILES string of the molecule is CC(C)CC(=O)c1cnc2ccc(-c3cc(Cl)c(O)c(Cl)c3)cc2c1N[C@H]1CC[C@H](NC(=O)O)CC1. The molecule has 1 aromatic heterocycles. The maximum Gasteiger partial charge on any atom is 0.404 e. The van der Waals surface area contributed by atoms with E-state index in [2.05, 4.69) is 15.6 Å². The van der Waals surface area contributed by atoms with Crippen LogP contribution in [0.15, 0.2) is 36.5 Å². The van der Waals surface area contributed by atoms with Crippen LogP contribution in [0.1, 0.15) is 56.3 Å². The number of aromatic hydroxyl groups is 1. The van der Waals surface area contributed by atoms with Crippen LogP contribution in [0.2, 0.25) is 10.0 Å². The van der Waals surface area contributed by atoms with Crippen LogP contribution in [-0.4, -0.2) is 39.2 Å². The highest BCUT2D eigenvalue weighted by Crippen LogP contribution is 2.38. The Morgan fingerprint density at radius 3 is 2.28 bits per heavy atom. The zero-order valence-corrected chi connectivity index (χ0v) is 21.7. The molecule has 1 aliphatic rings. The van der Waals surface area contributed by atoms with Crippen molar-refractivity contribution in [2.45, 2.75) is 58.0 Å². The number of carboxylic acid groups (broad SMARTS) is 1. The molecular weight excluding hydrogens is 501 g/mol. The Morgan fingerprint density at radius 2 is 1.67 bits per heavy atom. The number of rotatable bonds is 7. The number of hydrogen-bond acceptors (Lipinski definition) is 5. The number of pyridine rings is 1. The zero-order valence-electron chi connectivity index (χ0n) is 20.1. The third-order valence-electron chi connectivity index (χ3n) is 6.52. The number of carbonyl (C=O) groups excluding carboxylic acids is 1. The third kappa shape index (κ3) is 5.85. The molecule has 1 fully saturated rings. The molecule has 190 valence electrons. The van der Waals surface area contributed by atoms with E-state index in [1.165, 1.54) is 0 Å². The van der Waals surface area contributed by atoms with Gasteiger partial charge in [0.25, 0.3) is 0 Å². The number of aromatic nitrogens is 1. The minimum atomic E-state index is -1.00. The molecule has 3 aromatic rings. The molecule has 7 nitrogen and oxygen atoms in total. The lowest BCUT2D eigenvalue weighted by atomic mass is 9.90. The Morgan fingerprint density at radius 1 is 1.03 bits per heavy atom. The summed E-state index contributed by atoms with van der Waals surface area (Å²) in [6, 6.07) is 9.06. The van der Waals surface area contributed by atoms with Crippen LogP contribution in [0.5, 0.6) is 5.75 Å². The third-order valence-corrected chi connectivity index (χ3v) is 7.09. The number of carbonyl (C=O) groups is 2. The van der Waals surface area contributed by atoms with Crippen molar-refractivity contribution in [2.75, 3.05) is 5.32 Å². The fourth-order valence-corrected chi connectivity index (χ4v) is 5.20. The summed E-state index contributed by atoms with van der Waals surface area (Å²) >= 11 is 12.3. The average molecular weight is 530 g/mol. The van der Waals surface area contributed by atoms with Gasteiger partial charge in [-0.25, -0.2) is 4.79 Å². The Balaban J connectivity index is 1.75. The van der Waals surface area contributed by atoms with Crippen molar-refractivity contribution >= 4 is 51.7 Å². The van der Waals surface area contributed by atoms with Gasteiger partial charge in [-0.3, -0.25) is 9.78 Å². The molecule has 36 heavy (non-hydrogen) atoms. The lowest BCUT2D eigenvalue weighted by molar-refractivity contribution is 0.0968. The number of nitrogens with one attached hydrogen (secondary N) is 2. The summed E-state index contributed by atoms with van der Waals surface area (Å²) in [6.07, 6.45) is 4.03. The number of fused-ring (bicyclic) bond motifs is 1. The van der Waals surface area contributed by atoms with Gasteiger partial charge in [0, 0.05) is 30.1 Å². The van der Waals surface area contributed by atoms with Gasteiger partial charge in [0.05, 0.1) is 26.8 Å². The number of halogens is 2. The summed E-state index contributed by atoms with van der Waals surface area (Å²) in [5, 5.41) is 26.3. The summed E-state index contributed by atoms with van der Waals surface area (Å²) in [4.78, 5) is 28.8. The first kappa shape index (κ1) is 26.0. The number of phenolic OH excluding ortho intramolecular Hbond substituents is 1. The van der Waals surface area contributed by atoms with E-state index in [1.54, 1.807) is 18.3 Å². The molecule has 0 bridgehead atoms. The van der Waals surface area contributed by atoms with Crippen molar-refractivity contribution in [3.05, 3.63) is 52.1 Å². The molecule has 0 spiro atoms. The molecular formula is C27H29Cl2N3O4. The van der Waals surface area contributed by atoms with Crippen LogP contribution >= 0.6 is 23.2 Å². The molecule has 2 aromatic carbocycles. The number of benzene rings is 2. The summed E-state index contributed by atoms with van der Waals surface area (Å²) in [6.45, 7) is 4.01. The van der Waals surface area contributed by atoms with Gasteiger partial charge in [-0.2, -0.15) is 0 Å². The second-order valence-corrected chi connectivity index (χ2v) is 10.5. The monoisotopic (exact) mass is 529 g/mol.